The smallest absolute Gasteiger partial charge is 0.312 e. The number of carbonyl (C=O) groups excluding carboxylic acids is 6. The summed E-state index contributed by atoms with van der Waals surface area (Å²) in [7, 11) is 0. The summed E-state index contributed by atoms with van der Waals surface area (Å²) < 4.78 is 10.6. The number of carbonyl (C=O) groups is 6. The molecule has 246 valence electrons. The summed E-state index contributed by atoms with van der Waals surface area (Å²) in [6.45, 7) is 11.3. The summed E-state index contributed by atoms with van der Waals surface area (Å²) in [5.41, 5.74) is 6.33. The number of primary amides is 1. The first-order valence-electron chi connectivity index (χ1n) is 15.0. The molecule has 13 heteroatoms. The Hall–Kier alpha value is -4.00. The molecule has 0 fully saturated rings. The molecule has 1 rings (SSSR count). The Kier molecular flexibility index (Phi) is 17.3. The first-order valence-corrected chi connectivity index (χ1v) is 15.0. The van der Waals surface area contributed by atoms with Gasteiger partial charge in [0.2, 0.25) is 17.7 Å². The highest BCUT2D eigenvalue weighted by molar-refractivity contribution is 5.98. The Balaban J connectivity index is 2.81. The quantitative estimate of drug-likeness (QED) is 0.108. The van der Waals surface area contributed by atoms with Gasteiger partial charge >= 0.3 is 12.0 Å². The summed E-state index contributed by atoms with van der Waals surface area (Å²) >= 11 is 0. The van der Waals surface area contributed by atoms with Gasteiger partial charge in [0.15, 0.2) is 0 Å². The fourth-order valence-corrected chi connectivity index (χ4v) is 3.79. The molecule has 0 spiro atoms. The number of amides is 5. The number of benzene rings is 1. The van der Waals surface area contributed by atoms with Crippen LogP contribution in [0.2, 0.25) is 0 Å². The predicted octanol–water partition coefficient (Wildman–Crippen LogP) is 2.42. The Morgan fingerprint density at radius 2 is 1.45 bits per heavy atom. The summed E-state index contributed by atoms with van der Waals surface area (Å²) in [4.78, 5) is 73.5. The third kappa shape index (κ3) is 15.5. The predicted molar refractivity (Wildman–Crippen MR) is 165 cm³/mol. The summed E-state index contributed by atoms with van der Waals surface area (Å²) in [5, 5.41) is 10.7. The standard InChI is InChI=1S/C31H49N5O8/c1-19(2)25(37)13-16-43-17-14-26(38)36-27(20(3)4)29(40)35-24(8-7-15-33-31(32)42)28(39)34-23-11-9-22(10-12-23)18-44-30(41)21(5)6/h9-12,19-21,24,27H,7-8,13-18H2,1-6H3,(H,34,39)(H,35,40)(H,36,38)(H3,32,33,42)/t24-,27-/m0/s1. The largest absolute Gasteiger partial charge is 0.461 e. The topological polar surface area (TPSA) is 195 Å². The first-order chi connectivity index (χ1) is 20.7. The van der Waals surface area contributed by atoms with E-state index in [9.17, 15) is 28.8 Å². The van der Waals surface area contributed by atoms with Gasteiger partial charge in [-0.05, 0) is 36.5 Å². The van der Waals surface area contributed by atoms with Crippen LogP contribution in [0.25, 0.3) is 0 Å². The number of Topliss-reactive ketones (excluding diaryl/α,β-unsaturated/α-hetero) is 1. The molecular weight excluding hydrogens is 570 g/mol. The number of anilines is 1. The molecule has 0 heterocycles. The molecule has 0 aromatic heterocycles. The molecule has 1 aromatic rings. The second kappa shape index (κ2) is 20.0. The maximum Gasteiger partial charge on any atom is 0.312 e. The van der Waals surface area contributed by atoms with Crippen molar-refractivity contribution in [3.05, 3.63) is 29.8 Å². The number of ketones is 1. The van der Waals surface area contributed by atoms with E-state index in [0.29, 0.717) is 12.1 Å². The summed E-state index contributed by atoms with van der Waals surface area (Å²) in [6, 6.07) is 4.13. The molecule has 13 nitrogen and oxygen atoms in total. The van der Waals surface area contributed by atoms with Crippen molar-refractivity contribution in [2.45, 2.75) is 85.9 Å². The molecule has 0 bridgehead atoms. The van der Waals surface area contributed by atoms with Crippen molar-refractivity contribution >= 4 is 41.2 Å². The lowest BCUT2D eigenvalue weighted by Gasteiger charge is -2.25. The number of nitrogens with one attached hydrogen (secondary N) is 4. The van der Waals surface area contributed by atoms with Crippen molar-refractivity contribution in [2.75, 3.05) is 25.1 Å². The summed E-state index contributed by atoms with van der Waals surface area (Å²) in [5.74, 6) is -2.28. The fourth-order valence-electron chi connectivity index (χ4n) is 3.79. The SMILES string of the molecule is CC(C)C(=O)CCOCCC(=O)N[C@H](C(=O)N[C@@H](CCCNC(N)=O)C(=O)Nc1ccc(COC(=O)C(C)C)cc1)C(C)C. The molecule has 2 atom stereocenters. The molecule has 44 heavy (non-hydrogen) atoms. The van der Waals surface area contributed by atoms with Gasteiger partial charge < -0.3 is 36.5 Å². The molecule has 0 aliphatic rings. The van der Waals surface area contributed by atoms with Crippen LogP contribution in [0.4, 0.5) is 10.5 Å². The van der Waals surface area contributed by atoms with E-state index in [2.05, 4.69) is 21.3 Å². The van der Waals surface area contributed by atoms with E-state index in [1.807, 2.05) is 13.8 Å². The van der Waals surface area contributed by atoms with Crippen LogP contribution in [0.15, 0.2) is 24.3 Å². The van der Waals surface area contributed by atoms with Crippen molar-refractivity contribution in [1.82, 2.24) is 16.0 Å². The van der Waals surface area contributed by atoms with Crippen LogP contribution in [0.3, 0.4) is 0 Å². The van der Waals surface area contributed by atoms with Gasteiger partial charge in [-0.2, -0.15) is 0 Å². The maximum atomic E-state index is 13.3. The molecule has 0 aliphatic heterocycles. The average Bonchev–Trinajstić information content (AvgIpc) is 2.95. The Bertz CT molecular complexity index is 1100. The fraction of sp³-hybridized carbons (Fsp3) is 0.613. The molecule has 0 unspecified atom stereocenters. The minimum atomic E-state index is -0.983. The number of hydrogen-bond acceptors (Lipinski definition) is 8. The molecular formula is C31H49N5O8. The third-order valence-corrected chi connectivity index (χ3v) is 6.55. The van der Waals surface area contributed by atoms with Crippen molar-refractivity contribution in [2.24, 2.45) is 23.5 Å². The van der Waals surface area contributed by atoms with Gasteiger partial charge in [-0.15, -0.1) is 0 Å². The zero-order chi connectivity index (χ0) is 33.2. The van der Waals surface area contributed by atoms with Crippen LogP contribution in [-0.4, -0.2) is 67.3 Å². The number of rotatable bonds is 20. The highest BCUT2D eigenvalue weighted by Gasteiger charge is 2.29. The highest BCUT2D eigenvalue weighted by Crippen LogP contribution is 2.13. The van der Waals surface area contributed by atoms with E-state index >= 15 is 0 Å². The molecule has 6 N–H and O–H groups in total. The average molecular weight is 620 g/mol. The van der Waals surface area contributed by atoms with Crippen LogP contribution in [0, 0.1) is 17.8 Å². The molecule has 1 aromatic carbocycles. The van der Waals surface area contributed by atoms with E-state index in [4.69, 9.17) is 15.2 Å². The Morgan fingerprint density at radius 3 is 2.02 bits per heavy atom. The van der Waals surface area contributed by atoms with Crippen molar-refractivity contribution in [1.29, 1.82) is 0 Å². The highest BCUT2D eigenvalue weighted by atomic mass is 16.5. The van der Waals surface area contributed by atoms with Gasteiger partial charge in [-0.1, -0.05) is 53.7 Å². The van der Waals surface area contributed by atoms with E-state index in [1.165, 1.54) is 0 Å². The molecule has 0 radical (unpaired) electrons. The van der Waals surface area contributed by atoms with Gasteiger partial charge in [0.1, 0.15) is 24.5 Å². The lowest BCUT2D eigenvalue weighted by molar-refractivity contribution is -0.148. The van der Waals surface area contributed by atoms with E-state index in [0.717, 1.165) is 5.56 Å². The number of hydrogen-bond donors (Lipinski definition) is 5. The van der Waals surface area contributed by atoms with Crippen LogP contribution in [0.5, 0.6) is 0 Å². The lowest BCUT2D eigenvalue weighted by atomic mass is 10.0. The van der Waals surface area contributed by atoms with Crippen LogP contribution in [-0.2, 0) is 40.1 Å². The molecule has 0 saturated heterocycles. The number of urea groups is 1. The second-order valence-corrected chi connectivity index (χ2v) is 11.5. The van der Waals surface area contributed by atoms with Gasteiger partial charge in [-0.3, -0.25) is 24.0 Å². The zero-order valence-corrected chi connectivity index (χ0v) is 26.7. The van der Waals surface area contributed by atoms with Gasteiger partial charge in [0, 0.05) is 31.0 Å². The normalized spacial score (nSPS) is 12.4. The first kappa shape index (κ1) is 38.0. The minimum Gasteiger partial charge on any atom is -0.461 e. The van der Waals surface area contributed by atoms with Crippen molar-refractivity contribution in [3.8, 4) is 0 Å². The Labute approximate surface area is 259 Å². The van der Waals surface area contributed by atoms with E-state index in [1.54, 1.807) is 52.0 Å². The number of ether oxygens (including phenoxy) is 2. The Morgan fingerprint density at radius 1 is 0.818 bits per heavy atom. The number of nitrogens with two attached hydrogens (primary N) is 1. The van der Waals surface area contributed by atoms with Crippen LogP contribution >= 0.6 is 0 Å². The monoisotopic (exact) mass is 619 g/mol. The van der Waals surface area contributed by atoms with E-state index in [-0.39, 0.29) is 75.1 Å². The van der Waals surface area contributed by atoms with Gasteiger partial charge in [0.05, 0.1) is 19.1 Å². The van der Waals surface area contributed by atoms with Gasteiger partial charge in [0.25, 0.3) is 0 Å². The minimum absolute atomic E-state index is 0.00172. The molecule has 0 aliphatic carbocycles. The van der Waals surface area contributed by atoms with Gasteiger partial charge in [-0.25, -0.2) is 4.79 Å². The zero-order valence-electron chi connectivity index (χ0n) is 26.7. The third-order valence-electron chi connectivity index (χ3n) is 6.55. The number of esters is 1. The molecule has 5 amide bonds. The van der Waals surface area contributed by atoms with Crippen molar-refractivity contribution in [3.63, 3.8) is 0 Å². The summed E-state index contributed by atoms with van der Waals surface area (Å²) in [6.07, 6.45) is 0.800. The van der Waals surface area contributed by atoms with E-state index < -0.39 is 35.8 Å². The van der Waals surface area contributed by atoms with Crippen LogP contribution in [0.1, 0.15) is 72.8 Å². The maximum absolute atomic E-state index is 13.3. The lowest BCUT2D eigenvalue weighted by Crippen LogP contribution is -2.54. The molecule has 0 saturated carbocycles. The van der Waals surface area contributed by atoms with Crippen LogP contribution < -0.4 is 27.0 Å². The second-order valence-electron chi connectivity index (χ2n) is 11.5. The van der Waals surface area contributed by atoms with Crippen molar-refractivity contribution < 1.29 is 38.2 Å².